The van der Waals surface area contributed by atoms with Gasteiger partial charge in [-0.05, 0) is 59.3 Å². The van der Waals surface area contributed by atoms with E-state index in [1.165, 1.54) is 12.1 Å². The fourth-order valence-electron chi connectivity index (χ4n) is 1.57. The molecule has 0 saturated carbocycles. The lowest BCUT2D eigenvalue weighted by Gasteiger charge is -2.09. The number of carbonyl (C=O) groups excluding carboxylic acids is 1. The molecule has 0 unspecified atom stereocenters. The number of hydrogen-bond acceptors (Lipinski definition) is 2. The highest BCUT2D eigenvalue weighted by Gasteiger charge is 2.07. The van der Waals surface area contributed by atoms with E-state index in [2.05, 4.69) is 27.9 Å². The summed E-state index contributed by atoms with van der Waals surface area (Å²) in [5, 5.41) is 2.71. The van der Waals surface area contributed by atoms with E-state index in [1.54, 1.807) is 12.1 Å². The highest BCUT2D eigenvalue weighted by atomic mass is 127. The molecular weight excluding hydrogens is 372 g/mol. The first-order valence-corrected chi connectivity index (χ1v) is 7.07. The van der Waals surface area contributed by atoms with Crippen LogP contribution in [0.25, 0.3) is 0 Å². The van der Waals surface area contributed by atoms with Crippen molar-refractivity contribution in [1.29, 1.82) is 0 Å². The van der Waals surface area contributed by atoms with Gasteiger partial charge in [-0.1, -0.05) is 18.2 Å². The Balaban J connectivity index is 1.93. The van der Waals surface area contributed by atoms with Crippen LogP contribution in [0.1, 0.15) is 5.56 Å². The van der Waals surface area contributed by atoms with Gasteiger partial charge < -0.3 is 10.1 Å². The molecule has 0 aliphatic rings. The summed E-state index contributed by atoms with van der Waals surface area (Å²) in [7, 11) is 0. The van der Waals surface area contributed by atoms with Crippen LogP contribution in [-0.4, -0.2) is 12.5 Å². The second kappa shape index (κ2) is 6.69. The van der Waals surface area contributed by atoms with Gasteiger partial charge in [0.05, 0.1) is 0 Å². The maximum atomic E-state index is 13.3. The van der Waals surface area contributed by atoms with Crippen LogP contribution in [0.5, 0.6) is 5.75 Å². The molecular formula is C15H13FINO2. The molecule has 2 rings (SSSR count). The number of benzene rings is 2. The summed E-state index contributed by atoms with van der Waals surface area (Å²) in [6.45, 7) is 1.76. The molecule has 0 aromatic heterocycles. The second-order valence-corrected chi connectivity index (χ2v) is 5.39. The number of halogens is 2. The molecule has 0 heterocycles. The molecule has 0 atom stereocenters. The van der Waals surface area contributed by atoms with Gasteiger partial charge in [0.2, 0.25) is 0 Å². The first kappa shape index (κ1) is 14.8. The van der Waals surface area contributed by atoms with Crippen molar-refractivity contribution < 1.29 is 13.9 Å². The van der Waals surface area contributed by atoms with Crippen LogP contribution in [0.2, 0.25) is 0 Å². The first-order chi connectivity index (χ1) is 9.56. The third-order valence-corrected chi connectivity index (χ3v) is 3.81. The Hall–Kier alpha value is -1.63. The number of carbonyl (C=O) groups is 1. The van der Waals surface area contributed by atoms with Crippen LogP contribution < -0.4 is 10.1 Å². The number of para-hydroxylation sites is 1. The van der Waals surface area contributed by atoms with Crippen LogP contribution in [0.4, 0.5) is 10.1 Å². The molecule has 1 N–H and O–H groups in total. The summed E-state index contributed by atoms with van der Waals surface area (Å²) < 4.78 is 19.5. The summed E-state index contributed by atoms with van der Waals surface area (Å²) in [5.74, 6) is -0.737. The van der Waals surface area contributed by atoms with Crippen LogP contribution in [0.3, 0.4) is 0 Å². The lowest BCUT2D eigenvalue weighted by Crippen LogP contribution is -2.20. The molecule has 2 aromatic rings. The van der Waals surface area contributed by atoms with Crippen molar-refractivity contribution in [2.75, 3.05) is 11.9 Å². The number of rotatable bonds is 4. The minimum absolute atomic E-state index is 0.0705. The molecule has 2 aromatic carbocycles. The predicted octanol–water partition coefficient (Wildman–Crippen LogP) is 3.76. The Morgan fingerprint density at radius 3 is 2.75 bits per heavy atom. The zero-order chi connectivity index (χ0) is 14.5. The Morgan fingerprint density at radius 1 is 1.30 bits per heavy atom. The highest BCUT2D eigenvalue weighted by Crippen LogP contribution is 2.18. The van der Waals surface area contributed by atoms with Gasteiger partial charge in [-0.2, -0.15) is 0 Å². The summed E-state index contributed by atoms with van der Waals surface area (Å²) in [4.78, 5) is 11.7. The van der Waals surface area contributed by atoms with Crippen molar-refractivity contribution in [1.82, 2.24) is 0 Å². The zero-order valence-electron chi connectivity index (χ0n) is 10.8. The van der Waals surface area contributed by atoms with E-state index in [1.807, 2.05) is 25.1 Å². The van der Waals surface area contributed by atoms with E-state index in [4.69, 9.17) is 4.74 Å². The number of aryl methyl sites for hydroxylation is 1. The summed E-state index contributed by atoms with van der Waals surface area (Å²) in [6.07, 6.45) is 0. The van der Waals surface area contributed by atoms with E-state index in [-0.39, 0.29) is 18.3 Å². The number of anilines is 1. The molecule has 0 radical (unpaired) electrons. The topological polar surface area (TPSA) is 38.3 Å². The number of amides is 1. The highest BCUT2D eigenvalue weighted by molar-refractivity contribution is 14.1. The third-order valence-electron chi connectivity index (χ3n) is 2.65. The van der Waals surface area contributed by atoms with Gasteiger partial charge in [0, 0.05) is 9.26 Å². The molecule has 3 nitrogen and oxygen atoms in total. The molecule has 5 heteroatoms. The Labute approximate surface area is 130 Å². The SMILES string of the molecule is Cc1ccc(NC(=O)COc2ccccc2F)cc1I. The molecule has 0 fully saturated rings. The zero-order valence-corrected chi connectivity index (χ0v) is 13.0. The van der Waals surface area contributed by atoms with Gasteiger partial charge in [-0.3, -0.25) is 4.79 Å². The van der Waals surface area contributed by atoms with Gasteiger partial charge >= 0.3 is 0 Å². The first-order valence-electron chi connectivity index (χ1n) is 5.99. The van der Waals surface area contributed by atoms with Gasteiger partial charge in [0.25, 0.3) is 5.91 Å². The quantitative estimate of drug-likeness (QED) is 0.815. The fraction of sp³-hybridized carbons (Fsp3) is 0.133. The number of nitrogens with one attached hydrogen (secondary N) is 1. The predicted molar refractivity (Wildman–Crippen MR) is 84.4 cm³/mol. The Morgan fingerprint density at radius 2 is 2.05 bits per heavy atom. The Kier molecular flexibility index (Phi) is 4.94. The van der Waals surface area contributed by atoms with Gasteiger partial charge in [-0.15, -0.1) is 0 Å². The monoisotopic (exact) mass is 385 g/mol. The third kappa shape index (κ3) is 3.93. The minimum atomic E-state index is -0.481. The van der Waals surface area contributed by atoms with Crippen LogP contribution >= 0.6 is 22.6 Å². The smallest absolute Gasteiger partial charge is 0.262 e. The van der Waals surface area contributed by atoms with Crippen molar-refractivity contribution in [2.24, 2.45) is 0 Å². The largest absolute Gasteiger partial charge is 0.481 e. The van der Waals surface area contributed by atoms with Gasteiger partial charge in [0.1, 0.15) is 0 Å². The maximum Gasteiger partial charge on any atom is 0.262 e. The minimum Gasteiger partial charge on any atom is -0.481 e. The summed E-state index contributed by atoms with van der Waals surface area (Å²) in [6, 6.07) is 11.6. The number of ether oxygens (including phenoxy) is 1. The average molecular weight is 385 g/mol. The lowest BCUT2D eigenvalue weighted by atomic mass is 10.2. The number of hydrogen-bond donors (Lipinski definition) is 1. The molecule has 0 saturated heterocycles. The van der Waals surface area contributed by atoms with Crippen molar-refractivity contribution in [2.45, 2.75) is 6.92 Å². The molecule has 0 bridgehead atoms. The van der Waals surface area contributed by atoms with E-state index in [9.17, 15) is 9.18 Å². The van der Waals surface area contributed by atoms with E-state index in [0.29, 0.717) is 5.69 Å². The van der Waals surface area contributed by atoms with Crippen molar-refractivity contribution >= 4 is 34.2 Å². The van der Waals surface area contributed by atoms with E-state index >= 15 is 0 Å². The van der Waals surface area contributed by atoms with Gasteiger partial charge in [0.15, 0.2) is 18.2 Å². The molecule has 104 valence electrons. The molecule has 0 aliphatic carbocycles. The normalized spacial score (nSPS) is 10.2. The van der Waals surface area contributed by atoms with Gasteiger partial charge in [-0.25, -0.2) is 4.39 Å². The fourth-order valence-corrected chi connectivity index (χ4v) is 2.09. The van der Waals surface area contributed by atoms with Crippen LogP contribution in [0, 0.1) is 16.3 Å². The van der Waals surface area contributed by atoms with Crippen molar-refractivity contribution in [3.8, 4) is 5.75 Å². The summed E-state index contributed by atoms with van der Waals surface area (Å²) >= 11 is 2.20. The average Bonchev–Trinajstić information content (AvgIpc) is 2.42. The Bertz CT molecular complexity index is 631. The van der Waals surface area contributed by atoms with E-state index in [0.717, 1.165) is 9.13 Å². The van der Waals surface area contributed by atoms with E-state index < -0.39 is 5.82 Å². The maximum absolute atomic E-state index is 13.3. The standard InChI is InChI=1S/C15H13FINO2/c1-10-6-7-11(8-13(10)17)18-15(19)9-20-14-5-3-2-4-12(14)16/h2-8H,9H2,1H3,(H,18,19). The van der Waals surface area contributed by atoms with Crippen LogP contribution in [-0.2, 0) is 4.79 Å². The van der Waals surface area contributed by atoms with Crippen molar-refractivity contribution in [3.05, 3.63) is 57.4 Å². The summed E-state index contributed by atoms with van der Waals surface area (Å²) in [5.41, 5.74) is 1.84. The van der Waals surface area contributed by atoms with Crippen molar-refractivity contribution in [3.63, 3.8) is 0 Å². The van der Waals surface area contributed by atoms with Crippen LogP contribution in [0.15, 0.2) is 42.5 Å². The molecule has 20 heavy (non-hydrogen) atoms. The molecule has 0 spiro atoms. The molecule has 0 aliphatic heterocycles. The lowest BCUT2D eigenvalue weighted by molar-refractivity contribution is -0.118. The second-order valence-electron chi connectivity index (χ2n) is 4.23. The molecule has 1 amide bonds.